The Labute approximate surface area is 124 Å². The molecule has 0 amide bonds. The monoisotopic (exact) mass is 332 g/mol. The average Bonchev–Trinajstić information content (AvgIpc) is 2.49. The minimum Gasteiger partial charge on any atom is -0.336 e. The maximum Gasteiger partial charge on any atom is 0.233 e. The summed E-state index contributed by atoms with van der Waals surface area (Å²) in [5, 5.41) is 9.61. The fourth-order valence-corrected chi connectivity index (χ4v) is 2.02. The van der Waals surface area contributed by atoms with Gasteiger partial charge in [0.15, 0.2) is 29.1 Å². The molecule has 0 aliphatic carbocycles. The number of nitrogens with one attached hydrogen (secondary N) is 2. The van der Waals surface area contributed by atoms with Gasteiger partial charge in [-0.05, 0) is 31.2 Å². The Balaban J connectivity index is 2.17. The zero-order valence-corrected chi connectivity index (χ0v) is 12.1. The molecule has 0 spiro atoms. The van der Waals surface area contributed by atoms with Crippen LogP contribution in [0.25, 0.3) is 0 Å². The molecule has 118 valence electrons. The van der Waals surface area contributed by atoms with Crippen molar-refractivity contribution in [3.63, 3.8) is 0 Å². The molecule has 1 aromatic heterocycles. The van der Waals surface area contributed by atoms with Gasteiger partial charge in [0, 0.05) is 0 Å². The molecule has 0 saturated heterocycles. The summed E-state index contributed by atoms with van der Waals surface area (Å²) >= 11 is 0. The first-order chi connectivity index (χ1) is 10.3. The Kier molecular flexibility index (Phi) is 4.50. The van der Waals surface area contributed by atoms with Crippen LogP contribution in [0.1, 0.15) is 6.92 Å². The zero-order chi connectivity index (χ0) is 16.3. The lowest BCUT2D eigenvalue weighted by molar-refractivity contribution is 0.449. The third-order valence-corrected chi connectivity index (χ3v) is 3.88. The van der Waals surface area contributed by atoms with Gasteiger partial charge in [0.25, 0.3) is 0 Å². The summed E-state index contributed by atoms with van der Waals surface area (Å²) in [5.74, 6) is -4.42. The Hall–Kier alpha value is -2.36. The summed E-state index contributed by atoms with van der Waals surface area (Å²) in [4.78, 5) is 0. The molecule has 1 heterocycles. The van der Waals surface area contributed by atoms with Crippen LogP contribution < -0.4 is 10.0 Å². The molecule has 0 atom stereocenters. The van der Waals surface area contributed by atoms with Gasteiger partial charge in [-0.25, -0.2) is 21.6 Å². The van der Waals surface area contributed by atoms with Crippen LogP contribution in [0.4, 0.5) is 30.5 Å². The lowest BCUT2D eigenvalue weighted by atomic mass is 10.3. The summed E-state index contributed by atoms with van der Waals surface area (Å²) in [7, 11) is -3.49. The van der Waals surface area contributed by atoms with E-state index in [0.29, 0.717) is 0 Å². The lowest BCUT2D eigenvalue weighted by Gasteiger charge is -2.08. The van der Waals surface area contributed by atoms with E-state index in [9.17, 15) is 21.6 Å². The van der Waals surface area contributed by atoms with Crippen molar-refractivity contribution in [2.75, 3.05) is 15.8 Å². The predicted octanol–water partition coefficient (Wildman–Crippen LogP) is 2.40. The first kappa shape index (κ1) is 16.0. The minimum absolute atomic E-state index is 0.0156. The Bertz CT molecular complexity index is 782. The molecule has 2 N–H and O–H groups in total. The fourth-order valence-electron chi connectivity index (χ4n) is 1.45. The highest BCUT2D eigenvalue weighted by Crippen LogP contribution is 2.22. The fraction of sp³-hybridized carbons (Fsp3) is 0.167. The van der Waals surface area contributed by atoms with Gasteiger partial charge in [0.05, 0.1) is 11.4 Å². The normalized spacial score (nSPS) is 11.3. The number of benzene rings is 1. The van der Waals surface area contributed by atoms with Gasteiger partial charge in [-0.2, -0.15) is 0 Å². The van der Waals surface area contributed by atoms with Gasteiger partial charge in [0.2, 0.25) is 10.0 Å². The van der Waals surface area contributed by atoms with Crippen molar-refractivity contribution in [1.29, 1.82) is 0 Å². The van der Waals surface area contributed by atoms with E-state index in [-0.39, 0.29) is 23.1 Å². The minimum atomic E-state index is -3.49. The second-order valence-corrected chi connectivity index (χ2v) is 6.17. The van der Waals surface area contributed by atoms with E-state index in [1.165, 1.54) is 19.1 Å². The average molecular weight is 332 g/mol. The third-order valence-electron chi connectivity index (χ3n) is 2.60. The zero-order valence-electron chi connectivity index (χ0n) is 11.3. The van der Waals surface area contributed by atoms with Gasteiger partial charge < -0.3 is 5.32 Å². The highest BCUT2D eigenvalue weighted by Gasteiger charge is 2.14. The van der Waals surface area contributed by atoms with Gasteiger partial charge in [-0.1, -0.05) is 0 Å². The van der Waals surface area contributed by atoms with Crippen LogP contribution >= 0.6 is 0 Å². The highest BCUT2D eigenvalue weighted by molar-refractivity contribution is 7.92. The van der Waals surface area contributed by atoms with Crippen LogP contribution in [0.5, 0.6) is 0 Å². The van der Waals surface area contributed by atoms with E-state index >= 15 is 0 Å². The molecule has 0 aliphatic heterocycles. The van der Waals surface area contributed by atoms with E-state index in [0.717, 1.165) is 12.1 Å². The number of halogens is 3. The van der Waals surface area contributed by atoms with Gasteiger partial charge in [-0.3, -0.25) is 4.72 Å². The molecule has 1 aromatic carbocycles. The van der Waals surface area contributed by atoms with Crippen molar-refractivity contribution in [3.05, 3.63) is 41.7 Å². The molecule has 0 radical (unpaired) electrons. The van der Waals surface area contributed by atoms with Crippen molar-refractivity contribution >= 4 is 27.3 Å². The maximum atomic E-state index is 13.5. The van der Waals surface area contributed by atoms with E-state index < -0.39 is 27.5 Å². The number of aromatic nitrogens is 2. The quantitative estimate of drug-likeness (QED) is 0.822. The molecule has 2 rings (SSSR count). The number of hydrogen-bond acceptors (Lipinski definition) is 5. The lowest BCUT2D eigenvalue weighted by Crippen LogP contribution is -2.16. The molecule has 10 heteroatoms. The Morgan fingerprint density at radius 3 is 2.23 bits per heavy atom. The molecular formula is C12H11F3N4O2S. The maximum absolute atomic E-state index is 13.5. The van der Waals surface area contributed by atoms with Gasteiger partial charge >= 0.3 is 0 Å². The van der Waals surface area contributed by atoms with Crippen molar-refractivity contribution in [3.8, 4) is 0 Å². The summed E-state index contributed by atoms with van der Waals surface area (Å²) < 4.78 is 64.2. The second kappa shape index (κ2) is 6.18. The van der Waals surface area contributed by atoms with Crippen LogP contribution in [-0.4, -0.2) is 24.4 Å². The molecular weight excluding hydrogens is 321 g/mol. The van der Waals surface area contributed by atoms with E-state index in [4.69, 9.17) is 0 Å². The summed E-state index contributed by atoms with van der Waals surface area (Å²) in [6, 6.07) is 4.36. The molecule has 2 aromatic rings. The molecule has 0 fully saturated rings. The topological polar surface area (TPSA) is 84.0 Å². The van der Waals surface area contributed by atoms with Crippen LogP contribution in [0.15, 0.2) is 24.3 Å². The van der Waals surface area contributed by atoms with Crippen molar-refractivity contribution in [2.45, 2.75) is 6.92 Å². The third kappa shape index (κ3) is 3.64. The van der Waals surface area contributed by atoms with Crippen molar-refractivity contribution < 1.29 is 21.6 Å². The SMILES string of the molecule is CCS(=O)(=O)Nc1ccc(Nc2ccc(F)c(F)c2F)nn1. The predicted molar refractivity (Wildman–Crippen MR) is 74.7 cm³/mol. The standard InChI is InChI=1S/C12H11F3N4O2S/c1-2-22(20,21)19-10-6-5-9(17-18-10)16-8-4-3-7(13)11(14)12(8)15/h3-6H,2H2,1H3,(H,16,17)(H,18,19). The smallest absolute Gasteiger partial charge is 0.233 e. The van der Waals surface area contributed by atoms with Gasteiger partial charge in [-0.15, -0.1) is 10.2 Å². The van der Waals surface area contributed by atoms with E-state index in [1.807, 2.05) is 0 Å². The van der Waals surface area contributed by atoms with Gasteiger partial charge in [0.1, 0.15) is 0 Å². The number of rotatable bonds is 5. The number of nitrogens with zero attached hydrogens (tertiary/aromatic N) is 2. The first-order valence-corrected chi connectivity index (χ1v) is 7.72. The van der Waals surface area contributed by atoms with Crippen molar-refractivity contribution in [1.82, 2.24) is 10.2 Å². The summed E-state index contributed by atoms with van der Waals surface area (Å²) in [6.07, 6.45) is 0. The number of anilines is 3. The first-order valence-electron chi connectivity index (χ1n) is 6.07. The van der Waals surface area contributed by atoms with E-state index in [1.54, 1.807) is 0 Å². The summed E-state index contributed by atoms with van der Waals surface area (Å²) in [5.41, 5.74) is -0.324. The number of sulfonamides is 1. The largest absolute Gasteiger partial charge is 0.336 e. The molecule has 22 heavy (non-hydrogen) atoms. The van der Waals surface area contributed by atoms with Crippen LogP contribution in [0.2, 0.25) is 0 Å². The Morgan fingerprint density at radius 1 is 1.00 bits per heavy atom. The second-order valence-electron chi connectivity index (χ2n) is 4.16. The molecule has 0 aliphatic rings. The molecule has 6 nitrogen and oxygen atoms in total. The van der Waals surface area contributed by atoms with E-state index in [2.05, 4.69) is 20.2 Å². The van der Waals surface area contributed by atoms with Crippen LogP contribution in [0, 0.1) is 17.5 Å². The summed E-state index contributed by atoms with van der Waals surface area (Å²) in [6.45, 7) is 1.46. The van der Waals surface area contributed by atoms with Crippen LogP contribution in [0.3, 0.4) is 0 Å². The Morgan fingerprint density at radius 2 is 1.64 bits per heavy atom. The van der Waals surface area contributed by atoms with Crippen molar-refractivity contribution in [2.24, 2.45) is 0 Å². The highest BCUT2D eigenvalue weighted by atomic mass is 32.2. The molecule has 0 saturated carbocycles. The number of hydrogen-bond donors (Lipinski definition) is 2. The van der Waals surface area contributed by atoms with Crippen LogP contribution in [-0.2, 0) is 10.0 Å². The molecule has 0 unspecified atom stereocenters. The molecule has 0 bridgehead atoms.